The third-order valence-electron chi connectivity index (χ3n) is 2.08. The summed E-state index contributed by atoms with van der Waals surface area (Å²) < 4.78 is 5.02. The molecule has 1 aromatic carbocycles. The van der Waals surface area contributed by atoms with E-state index in [1.165, 1.54) is 4.90 Å². The second kappa shape index (κ2) is 5.01. The van der Waals surface area contributed by atoms with Gasteiger partial charge in [0.25, 0.3) is 0 Å². The van der Waals surface area contributed by atoms with Crippen molar-refractivity contribution in [3.05, 3.63) is 29.8 Å². The lowest BCUT2D eigenvalue weighted by atomic mass is 10.2. The predicted octanol–water partition coefficient (Wildman–Crippen LogP) is 0.284. The summed E-state index contributed by atoms with van der Waals surface area (Å²) in [5.74, 6) is 0.257. The molecule has 0 spiro atoms. The van der Waals surface area contributed by atoms with Crippen LogP contribution >= 0.6 is 0 Å². The van der Waals surface area contributed by atoms with Crippen LogP contribution < -0.4 is 16.2 Å². The van der Waals surface area contributed by atoms with Crippen LogP contribution in [0.3, 0.4) is 0 Å². The predicted molar refractivity (Wildman–Crippen MR) is 62.4 cm³/mol. The van der Waals surface area contributed by atoms with E-state index in [-0.39, 0.29) is 11.9 Å². The SMILES string of the molecule is COc1ccc(CN(C(=N)N)C(=N)N)cc1. The van der Waals surface area contributed by atoms with Gasteiger partial charge in [-0.15, -0.1) is 0 Å². The lowest BCUT2D eigenvalue weighted by Gasteiger charge is -2.20. The molecule has 0 aliphatic rings. The van der Waals surface area contributed by atoms with Crippen LogP contribution in [0.4, 0.5) is 0 Å². The van der Waals surface area contributed by atoms with E-state index in [9.17, 15) is 0 Å². The highest BCUT2D eigenvalue weighted by Crippen LogP contribution is 2.12. The summed E-state index contributed by atoms with van der Waals surface area (Å²) in [6, 6.07) is 7.26. The Bertz CT molecular complexity index is 373. The second-order valence-electron chi connectivity index (χ2n) is 3.20. The Morgan fingerprint density at radius 3 is 2.06 bits per heavy atom. The van der Waals surface area contributed by atoms with Crippen LogP contribution in [0.1, 0.15) is 5.56 Å². The summed E-state index contributed by atoms with van der Waals surface area (Å²) in [4.78, 5) is 1.20. The molecule has 0 saturated carbocycles. The molecule has 1 aromatic rings. The van der Waals surface area contributed by atoms with Gasteiger partial charge < -0.3 is 16.2 Å². The highest BCUT2D eigenvalue weighted by atomic mass is 16.5. The molecule has 0 aliphatic carbocycles. The normalized spacial score (nSPS) is 9.56. The van der Waals surface area contributed by atoms with Gasteiger partial charge in [0.15, 0.2) is 11.9 Å². The molecule has 6 nitrogen and oxygen atoms in total. The summed E-state index contributed by atoms with van der Waals surface area (Å²) in [5, 5.41) is 14.5. The molecule has 1 rings (SSSR count). The zero-order valence-electron chi connectivity index (χ0n) is 9.03. The summed E-state index contributed by atoms with van der Waals surface area (Å²) in [7, 11) is 1.59. The van der Waals surface area contributed by atoms with Crippen molar-refractivity contribution < 1.29 is 4.74 Å². The smallest absolute Gasteiger partial charge is 0.195 e. The number of hydrogen-bond donors (Lipinski definition) is 4. The number of nitrogens with one attached hydrogen (secondary N) is 2. The number of nitrogens with zero attached hydrogens (tertiary/aromatic N) is 1. The Morgan fingerprint density at radius 2 is 1.69 bits per heavy atom. The van der Waals surface area contributed by atoms with Gasteiger partial charge in [0, 0.05) is 0 Å². The Morgan fingerprint density at radius 1 is 1.19 bits per heavy atom. The monoisotopic (exact) mass is 221 g/mol. The van der Waals surface area contributed by atoms with Crippen molar-refractivity contribution in [3.63, 3.8) is 0 Å². The number of benzene rings is 1. The molecular weight excluding hydrogens is 206 g/mol. The highest BCUT2D eigenvalue weighted by molar-refractivity contribution is 5.94. The van der Waals surface area contributed by atoms with Crippen LogP contribution in [0.15, 0.2) is 24.3 Å². The lowest BCUT2D eigenvalue weighted by molar-refractivity contribution is 0.414. The number of hydrogen-bond acceptors (Lipinski definition) is 3. The first-order chi connectivity index (χ1) is 7.54. The number of methoxy groups -OCH3 is 1. The van der Waals surface area contributed by atoms with Crippen molar-refractivity contribution in [1.29, 1.82) is 10.8 Å². The van der Waals surface area contributed by atoms with E-state index < -0.39 is 0 Å². The molecule has 0 atom stereocenters. The average Bonchev–Trinajstić information content (AvgIpc) is 2.25. The quantitative estimate of drug-likeness (QED) is 0.434. The fraction of sp³-hybridized carbons (Fsp3) is 0.200. The van der Waals surface area contributed by atoms with Gasteiger partial charge in [-0.1, -0.05) is 12.1 Å². The van der Waals surface area contributed by atoms with E-state index in [0.717, 1.165) is 11.3 Å². The molecule has 0 fully saturated rings. The Labute approximate surface area is 93.8 Å². The number of rotatable bonds is 3. The minimum Gasteiger partial charge on any atom is -0.497 e. The maximum absolute atomic E-state index is 7.27. The maximum Gasteiger partial charge on any atom is 0.195 e. The molecular formula is C10H15N5O. The fourth-order valence-electron chi connectivity index (χ4n) is 1.21. The van der Waals surface area contributed by atoms with Crippen molar-refractivity contribution in [3.8, 4) is 5.75 Å². The first-order valence-electron chi connectivity index (χ1n) is 4.63. The minimum absolute atomic E-state index is 0.247. The van der Waals surface area contributed by atoms with Crippen LogP contribution in [-0.2, 0) is 6.54 Å². The first kappa shape index (κ1) is 11.8. The highest BCUT2D eigenvalue weighted by Gasteiger charge is 2.10. The van der Waals surface area contributed by atoms with Gasteiger partial charge in [-0.3, -0.25) is 15.7 Å². The molecule has 6 heteroatoms. The average molecular weight is 221 g/mol. The van der Waals surface area contributed by atoms with Crippen LogP contribution in [0, 0.1) is 10.8 Å². The van der Waals surface area contributed by atoms with Gasteiger partial charge in [-0.2, -0.15) is 0 Å². The van der Waals surface area contributed by atoms with Gasteiger partial charge in [0.2, 0.25) is 0 Å². The fourth-order valence-corrected chi connectivity index (χ4v) is 1.21. The van der Waals surface area contributed by atoms with Crippen LogP contribution in [0.2, 0.25) is 0 Å². The van der Waals surface area contributed by atoms with Crippen molar-refractivity contribution in [1.82, 2.24) is 4.90 Å². The van der Waals surface area contributed by atoms with Crippen LogP contribution in [0.5, 0.6) is 5.75 Å². The van der Waals surface area contributed by atoms with E-state index in [0.29, 0.717) is 6.54 Å². The number of guanidine groups is 2. The topological polar surface area (TPSA) is 112 Å². The van der Waals surface area contributed by atoms with Crippen molar-refractivity contribution in [2.45, 2.75) is 6.54 Å². The van der Waals surface area contributed by atoms with E-state index in [1.54, 1.807) is 19.2 Å². The molecule has 0 radical (unpaired) electrons. The molecule has 0 unspecified atom stereocenters. The number of ether oxygens (including phenoxy) is 1. The van der Waals surface area contributed by atoms with Crippen molar-refractivity contribution >= 4 is 11.9 Å². The zero-order valence-corrected chi connectivity index (χ0v) is 9.03. The van der Waals surface area contributed by atoms with E-state index in [2.05, 4.69) is 0 Å². The molecule has 0 aliphatic heterocycles. The lowest BCUT2D eigenvalue weighted by Crippen LogP contribution is -2.44. The van der Waals surface area contributed by atoms with Gasteiger partial charge >= 0.3 is 0 Å². The molecule has 0 saturated heterocycles. The molecule has 0 heterocycles. The standard InChI is InChI=1S/C10H15N5O/c1-16-8-4-2-7(3-5-8)6-15(9(11)12)10(13)14/h2-5H,6H2,1H3,(H3,11,12)(H3,13,14). The summed E-state index contributed by atoms with van der Waals surface area (Å²) in [6.07, 6.45) is 0. The molecule has 0 aromatic heterocycles. The molecule has 0 bridgehead atoms. The summed E-state index contributed by atoms with van der Waals surface area (Å²) in [5.41, 5.74) is 11.5. The van der Waals surface area contributed by atoms with E-state index >= 15 is 0 Å². The molecule has 0 amide bonds. The summed E-state index contributed by atoms with van der Waals surface area (Å²) >= 11 is 0. The third-order valence-corrected chi connectivity index (χ3v) is 2.08. The summed E-state index contributed by atoms with van der Waals surface area (Å²) in [6.45, 7) is 0.300. The Balaban J connectivity index is 2.77. The maximum atomic E-state index is 7.27. The third kappa shape index (κ3) is 2.88. The molecule has 6 N–H and O–H groups in total. The van der Waals surface area contributed by atoms with Gasteiger partial charge in [0.05, 0.1) is 13.7 Å². The first-order valence-corrected chi connectivity index (χ1v) is 4.63. The Hall–Kier alpha value is -2.24. The largest absolute Gasteiger partial charge is 0.497 e. The van der Waals surface area contributed by atoms with Crippen LogP contribution in [-0.4, -0.2) is 23.9 Å². The molecule has 86 valence electrons. The zero-order chi connectivity index (χ0) is 12.1. The van der Waals surface area contributed by atoms with Crippen molar-refractivity contribution in [2.24, 2.45) is 11.5 Å². The van der Waals surface area contributed by atoms with Crippen molar-refractivity contribution in [2.75, 3.05) is 7.11 Å². The Kier molecular flexibility index (Phi) is 3.71. The van der Waals surface area contributed by atoms with Gasteiger partial charge in [-0.25, -0.2) is 0 Å². The van der Waals surface area contributed by atoms with Gasteiger partial charge in [0.1, 0.15) is 5.75 Å². The molecule has 16 heavy (non-hydrogen) atoms. The van der Waals surface area contributed by atoms with E-state index in [4.69, 9.17) is 27.0 Å². The van der Waals surface area contributed by atoms with Gasteiger partial charge in [-0.05, 0) is 17.7 Å². The second-order valence-corrected chi connectivity index (χ2v) is 3.20. The number of nitrogens with two attached hydrogens (primary N) is 2. The minimum atomic E-state index is -0.247. The van der Waals surface area contributed by atoms with Crippen LogP contribution in [0.25, 0.3) is 0 Å². The van der Waals surface area contributed by atoms with E-state index in [1.807, 2.05) is 12.1 Å².